The molecule has 0 amide bonds. The predicted molar refractivity (Wildman–Crippen MR) is 62.4 cm³/mol. The van der Waals surface area contributed by atoms with Crippen molar-refractivity contribution >= 4 is 17.6 Å². The normalized spacial score (nSPS) is 10.2. The maximum Gasteiger partial charge on any atom is 0.223 e. The third-order valence-corrected chi connectivity index (χ3v) is 2.05. The van der Waals surface area contributed by atoms with Crippen LogP contribution in [-0.4, -0.2) is 53.5 Å². The number of hydrogen-bond acceptors (Lipinski definition) is 7. The molecule has 0 saturated heterocycles. The molecule has 5 N–H and O–H groups in total. The van der Waals surface area contributed by atoms with Gasteiger partial charge in [0.25, 0.3) is 0 Å². The zero-order chi connectivity index (χ0) is 12.0. The van der Waals surface area contributed by atoms with Crippen LogP contribution in [0.2, 0.25) is 0 Å². The summed E-state index contributed by atoms with van der Waals surface area (Å²) in [6.45, 7) is 0.748. The molecule has 0 spiro atoms. The number of anilines is 3. The topological polar surface area (TPSA) is 108 Å². The highest BCUT2D eigenvalue weighted by molar-refractivity contribution is 5.52. The van der Waals surface area contributed by atoms with E-state index in [1.54, 1.807) is 18.0 Å². The number of nitrogens with one attached hydrogen (secondary N) is 1. The van der Waals surface area contributed by atoms with Crippen LogP contribution in [0.4, 0.5) is 17.6 Å². The summed E-state index contributed by atoms with van der Waals surface area (Å²) in [6.07, 6.45) is 0. The highest BCUT2D eigenvalue weighted by Crippen LogP contribution is 2.16. The van der Waals surface area contributed by atoms with Gasteiger partial charge in [-0.05, 0) is 0 Å². The van der Waals surface area contributed by atoms with Crippen molar-refractivity contribution in [2.24, 2.45) is 0 Å². The van der Waals surface area contributed by atoms with Crippen molar-refractivity contribution in [3.8, 4) is 0 Å². The average molecular weight is 227 g/mol. The number of hydrogen-bond donors (Lipinski definition) is 4. The first-order chi connectivity index (χ1) is 7.71. The fraction of sp³-hybridized carbons (Fsp3) is 0.556. The lowest BCUT2D eigenvalue weighted by Crippen LogP contribution is -2.30. The van der Waals surface area contributed by atoms with Gasteiger partial charge in [0.1, 0.15) is 11.6 Å². The second-order valence-corrected chi connectivity index (χ2v) is 3.15. The van der Waals surface area contributed by atoms with Crippen LogP contribution in [0, 0.1) is 0 Å². The molecular weight excluding hydrogens is 210 g/mol. The molecule has 0 bridgehead atoms. The van der Waals surface area contributed by atoms with Crippen molar-refractivity contribution in [2.75, 3.05) is 49.3 Å². The molecule has 0 atom stereocenters. The molecule has 0 aliphatic heterocycles. The summed E-state index contributed by atoms with van der Waals surface area (Å²) in [5.41, 5.74) is 5.55. The number of nitrogens with zero attached hydrogens (tertiary/aromatic N) is 3. The standard InChI is InChI=1S/C9H17N5O2/c1-11-7-6-8(13-9(10)12-7)14(2-4-15)3-5-16/h6,15-16H,2-5H2,1H3,(H3,10,11,12,13). The summed E-state index contributed by atoms with van der Waals surface area (Å²) in [7, 11) is 1.73. The van der Waals surface area contributed by atoms with Crippen molar-refractivity contribution in [1.29, 1.82) is 0 Å². The molecule has 0 unspecified atom stereocenters. The molecule has 0 aliphatic rings. The Morgan fingerprint density at radius 1 is 1.31 bits per heavy atom. The highest BCUT2D eigenvalue weighted by atomic mass is 16.3. The summed E-state index contributed by atoms with van der Waals surface area (Å²) >= 11 is 0. The molecule has 0 radical (unpaired) electrons. The number of nitrogen functional groups attached to an aromatic ring is 1. The molecule has 0 aliphatic carbocycles. The highest BCUT2D eigenvalue weighted by Gasteiger charge is 2.09. The first kappa shape index (κ1) is 12.5. The average Bonchev–Trinajstić information content (AvgIpc) is 2.28. The largest absolute Gasteiger partial charge is 0.395 e. The molecule has 0 saturated carbocycles. The number of aliphatic hydroxyl groups excluding tert-OH is 2. The first-order valence-corrected chi connectivity index (χ1v) is 5.00. The second kappa shape index (κ2) is 6.09. The summed E-state index contributed by atoms with van der Waals surface area (Å²) in [6, 6.07) is 1.71. The molecule has 16 heavy (non-hydrogen) atoms. The van der Waals surface area contributed by atoms with E-state index in [0.717, 1.165) is 0 Å². The Morgan fingerprint density at radius 2 is 1.94 bits per heavy atom. The molecular formula is C9H17N5O2. The minimum atomic E-state index is -0.0151. The van der Waals surface area contributed by atoms with Gasteiger partial charge in [-0.25, -0.2) is 0 Å². The van der Waals surface area contributed by atoms with E-state index in [1.807, 2.05) is 0 Å². The van der Waals surface area contributed by atoms with E-state index in [2.05, 4.69) is 15.3 Å². The van der Waals surface area contributed by atoms with E-state index in [1.165, 1.54) is 0 Å². The Hall–Kier alpha value is -1.60. The van der Waals surface area contributed by atoms with Crippen LogP contribution in [0.3, 0.4) is 0 Å². The Morgan fingerprint density at radius 3 is 2.44 bits per heavy atom. The quantitative estimate of drug-likeness (QED) is 0.488. The minimum Gasteiger partial charge on any atom is -0.395 e. The Labute approximate surface area is 93.9 Å². The van der Waals surface area contributed by atoms with E-state index < -0.39 is 0 Å². The summed E-state index contributed by atoms with van der Waals surface area (Å²) < 4.78 is 0. The van der Waals surface area contributed by atoms with Gasteiger partial charge in [-0.1, -0.05) is 0 Å². The van der Waals surface area contributed by atoms with Gasteiger partial charge in [-0.3, -0.25) is 0 Å². The monoisotopic (exact) mass is 227 g/mol. The smallest absolute Gasteiger partial charge is 0.223 e. The van der Waals surface area contributed by atoms with Gasteiger partial charge in [-0.2, -0.15) is 9.97 Å². The second-order valence-electron chi connectivity index (χ2n) is 3.15. The Balaban J connectivity index is 2.93. The van der Waals surface area contributed by atoms with Crippen molar-refractivity contribution < 1.29 is 10.2 Å². The van der Waals surface area contributed by atoms with Gasteiger partial charge in [0, 0.05) is 26.2 Å². The van der Waals surface area contributed by atoms with Crippen molar-refractivity contribution in [3.63, 3.8) is 0 Å². The third kappa shape index (κ3) is 3.21. The third-order valence-electron chi connectivity index (χ3n) is 2.05. The maximum atomic E-state index is 8.91. The Bertz CT molecular complexity index is 328. The van der Waals surface area contributed by atoms with Gasteiger partial charge in [-0.15, -0.1) is 0 Å². The summed E-state index contributed by atoms with van der Waals surface area (Å²) in [5, 5.41) is 20.7. The molecule has 1 rings (SSSR count). The Kier molecular flexibility index (Phi) is 4.74. The van der Waals surface area contributed by atoms with E-state index in [0.29, 0.717) is 24.7 Å². The van der Waals surface area contributed by atoms with Gasteiger partial charge in [0.05, 0.1) is 13.2 Å². The maximum absolute atomic E-state index is 8.91. The van der Waals surface area contributed by atoms with Crippen LogP contribution in [0.1, 0.15) is 0 Å². The molecule has 90 valence electrons. The van der Waals surface area contributed by atoms with Crippen LogP contribution in [0.25, 0.3) is 0 Å². The van der Waals surface area contributed by atoms with Crippen molar-refractivity contribution in [3.05, 3.63) is 6.07 Å². The zero-order valence-corrected chi connectivity index (χ0v) is 9.22. The summed E-state index contributed by atoms with van der Waals surface area (Å²) in [4.78, 5) is 9.74. The fourth-order valence-corrected chi connectivity index (χ4v) is 1.33. The van der Waals surface area contributed by atoms with Crippen LogP contribution < -0.4 is 16.0 Å². The predicted octanol–water partition coefficient (Wildman–Crippen LogP) is -1.11. The van der Waals surface area contributed by atoms with Gasteiger partial charge in [0.2, 0.25) is 5.95 Å². The van der Waals surface area contributed by atoms with E-state index in [4.69, 9.17) is 15.9 Å². The minimum absolute atomic E-state index is 0.0151. The lowest BCUT2D eigenvalue weighted by Gasteiger charge is -2.22. The molecule has 1 aromatic rings. The van der Waals surface area contributed by atoms with Crippen LogP contribution in [-0.2, 0) is 0 Å². The van der Waals surface area contributed by atoms with Crippen molar-refractivity contribution in [2.45, 2.75) is 0 Å². The molecule has 1 heterocycles. The summed E-state index contributed by atoms with van der Waals surface area (Å²) in [5.74, 6) is 1.34. The lowest BCUT2D eigenvalue weighted by atomic mass is 10.4. The van der Waals surface area contributed by atoms with Gasteiger partial charge >= 0.3 is 0 Å². The molecule has 0 aromatic carbocycles. The number of aliphatic hydroxyl groups is 2. The van der Waals surface area contributed by atoms with E-state index >= 15 is 0 Å². The first-order valence-electron chi connectivity index (χ1n) is 5.00. The number of nitrogens with two attached hydrogens (primary N) is 1. The number of rotatable bonds is 6. The van der Waals surface area contributed by atoms with Crippen LogP contribution >= 0.6 is 0 Å². The number of aromatic nitrogens is 2. The van der Waals surface area contributed by atoms with Gasteiger partial charge in [0.15, 0.2) is 0 Å². The lowest BCUT2D eigenvalue weighted by molar-refractivity contribution is 0.280. The SMILES string of the molecule is CNc1cc(N(CCO)CCO)nc(N)n1. The zero-order valence-electron chi connectivity index (χ0n) is 9.22. The van der Waals surface area contributed by atoms with Gasteiger partial charge < -0.3 is 26.2 Å². The van der Waals surface area contributed by atoms with E-state index in [9.17, 15) is 0 Å². The molecule has 7 nitrogen and oxygen atoms in total. The molecule has 1 aromatic heterocycles. The molecule has 0 fully saturated rings. The van der Waals surface area contributed by atoms with E-state index in [-0.39, 0.29) is 19.2 Å². The van der Waals surface area contributed by atoms with Crippen LogP contribution in [0.15, 0.2) is 6.07 Å². The molecule has 7 heteroatoms. The van der Waals surface area contributed by atoms with Crippen molar-refractivity contribution in [1.82, 2.24) is 9.97 Å². The fourth-order valence-electron chi connectivity index (χ4n) is 1.33. The van der Waals surface area contributed by atoms with Crippen LogP contribution in [0.5, 0.6) is 0 Å².